The van der Waals surface area contributed by atoms with Crippen molar-refractivity contribution in [2.24, 2.45) is 0 Å². The molecule has 0 unspecified atom stereocenters. The van der Waals surface area contributed by atoms with Gasteiger partial charge in [0.2, 0.25) is 0 Å². The average Bonchev–Trinajstić information content (AvgIpc) is 3.73. The molecule has 0 aliphatic carbocycles. The van der Waals surface area contributed by atoms with Gasteiger partial charge < -0.3 is 4.57 Å². The zero-order chi connectivity index (χ0) is 31.6. The topological polar surface area (TPSA) is 69.4 Å². The first kappa shape index (κ1) is 26.9. The summed E-state index contributed by atoms with van der Waals surface area (Å²) in [6, 6.07) is 43.6. The van der Waals surface area contributed by atoms with Crippen LogP contribution in [0.25, 0.3) is 92.7 Å². The van der Waals surface area contributed by atoms with Gasteiger partial charge in [-0.2, -0.15) is 0 Å². The molecule has 5 aromatic carbocycles. The van der Waals surface area contributed by atoms with Gasteiger partial charge in [-0.25, -0.2) is 15.0 Å². The summed E-state index contributed by atoms with van der Waals surface area (Å²) in [5.41, 5.74) is 6.94. The number of rotatable bonds is 4. The molecule has 6 nitrogen and oxygen atoms in total. The van der Waals surface area contributed by atoms with Gasteiger partial charge in [-0.05, 0) is 41.8 Å². The molecular formula is C41H24N6S. The monoisotopic (exact) mass is 632 g/mol. The Morgan fingerprint density at radius 2 is 1.21 bits per heavy atom. The molecule has 0 N–H and O–H groups in total. The molecule has 0 saturated heterocycles. The number of thiophene rings is 1. The summed E-state index contributed by atoms with van der Waals surface area (Å²) in [7, 11) is 0. The smallest absolute Gasteiger partial charge is 0.164 e. The van der Waals surface area contributed by atoms with E-state index < -0.39 is 0 Å². The normalized spacial score (nSPS) is 11.8. The van der Waals surface area contributed by atoms with Gasteiger partial charge in [0.05, 0.1) is 21.3 Å². The number of hydrogen-bond acceptors (Lipinski definition) is 6. The molecule has 0 saturated carbocycles. The molecule has 0 bridgehead atoms. The summed E-state index contributed by atoms with van der Waals surface area (Å²) in [4.78, 5) is 24.5. The van der Waals surface area contributed by atoms with Crippen LogP contribution in [-0.2, 0) is 0 Å². The minimum atomic E-state index is 0.618. The summed E-state index contributed by atoms with van der Waals surface area (Å²) in [5, 5.41) is 5.88. The molecule has 48 heavy (non-hydrogen) atoms. The van der Waals surface area contributed by atoms with Crippen LogP contribution in [0.2, 0.25) is 0 Å². The molecule has 5 heterocycles. The quantitative estimate of drug-likeness (QED) is 0.193. The third kappa shape index (κ3) is 4.08. The SMILES string of the molecule is c1ccc(-c2nc(-c3ccccc3)nc(-c3cccc(-n4c5cccnc5c5c6ccncc6c6c7ccccc7sc6c54)c3)n2)cc1. The Labute approximate surface area is 278 Å². The van der Waals surface area contributed by atoms with Crippen LogP contribution in [0, 0.1) is 0 Å². The lowest BCUT2D eigenvalue weighted by molar-refractivity contribution is 1.07. The van der Waals surface area contributed by atoms with Gasteiger partial charge in [0, 0.05) is 67.2 Å². The number of aromatic nitrogens is 6. The summed E-state index contributed by atoms with van der Waals surface area (Å²) in [6.45, 7) is 0. The standard InChI is InChI=1S/C41H24N6S/c1-3-11-25(12-4-1)39-44-40(26-13-5-2-6-14-26)46-41(45-39)27-15-9-16-28(23-27)47-32-18-10-21-43-36(32)35-29-20-22-42-24-31(29)34-30-17-7-8-19-33(30)48-38(34)37(35)47/h1-24H. The van der Waals surface area contributed by atoms with Crippen LogP contribution < -0.4 is 0 Å². The van der Waals surface area contributed by atoms with Crippen molar-refractivity contribution in [1.82, 2.24) is 29.5 Å². The van der Waals surface area contributed by atoms with Crippen molar-refractivity contribution in [3.63, 3.8) is 0 Å². The molecule has 0 amide bonds. The van der Waals surface area contributed by atoms with E-state index in [4.69, 9.17) is 19.9 Å². The second-order valence-electron chi connectivity index (χ2n) is 11.7. The fraction of sp³-hybridized carbons (Fsp3) is 0. The van der Waals surface area contributed by atoms with E-state index in [2.05, 4.69) is 70.2 Å². The zero-order valence-electron chi connectivity index (χ0n) is 25.4. The maximum Gasteiger partial charge on any atom is 0.164 e. The Balaban J connectivity index is 1.28. The van der Waals surface area contributed by atoms with E-state index in [0.29, 0.717) is 17.5 Å². The van der Waals surface area contributed by atoms with Gasteiger partial charge >= 0.3 is 0 Å². The number of nitrogens with zero attached hydrogens (tertiary/aromatic N) is 6. The first-order valence-corrected chi connectivity index (χ1v) is 16.6. The molecule has 7 heteroatoms. The maximum absolute atomic E-state index is 5.02. The van der Waals surface area contributed by atoms with Gasteiger partial charge in [0.15, 0.2) is 17.5 Å². The van der Waals surface area contributed by atoms with Crippen LogP contribution in [-0.4, -0.2) is 29.5 Å². The highest BCUT2D eigenvalue weighted by atomic mass is 32.1. The lowest BCUT2D eigenvalue weighted by Gasteiger charge is -2.12. The summed E-state index contributed by atoms with van der Waals surface area (Å²) < 4.78 is 4.82. The fourth-order valence-electron chi connectivity index (χ4n) is 6.87. The minimum absolute atomic E-state index is 0.618. The highest BCUT2D eigenvalue weighted by Gasteiger charge is 2.23. The second-order valence-corrected chi connectivity index (χ2v) is 12.8. The van der Waals surface area contributed by atoms with E-state index in [1.165, 1.54) is 20.2 Å². The van der Waals surface area contributed by atoms with E-state index >= 15 is 0 Å². The van der Waals surface area contributed by atoms with E-state index in [9.17, 15) is 0 Å². The third-order valence-corrected chi connectivity index (χ3v) is 10.1. The Morgan fingerprint density at radius 3 is 1.98 bits per heavy atom. The highest BCUT2D eigenvalue weighted by molar-refractivity contribution is 7.27. The fourth-order valence-corrected chi connectivity index (χ4v) is 8.12. The Morgan fingerprint density at radius 1 is 0.521 bits per heavy atom. The summed E-state index contributed by atoms with van der Waals surface area (Å²) in [5.74, 6) is 1.89. The lowest BCUT2D eigenvalue weighted by atomic mass is 10.0. The molecule has 0 spiro atoms. The number of hydrogen-bond donors (Lipinski definition) is 0. The van der Waals surface area contributed by atoms with E-state index in [1.807, 2.05) is 96.7 Å². The zero-order valence-corrected chi connectivity index (χ0v) is 26.3. The van der Waals surface area contributed by atoms with Crippen molar-refractivity contribution in [3.8, 4) is 39.9 Å². The van der Waals surface area contributed by atoms with Gasteiger partial charge in [0.1, 0.15) is 0 Å². The van der Waals surface area contributed by atoms with Crippen LogP contribution in [0.3, 0.4) is 0 Å². The molecule has 224 valence electrons. The average molecular weight is 633 g/mol. The van der Waals surface area contributed by atoms with Crippen molar-refractivity contribution < 1.29 is 0 Å². The van der Waals surface area contributed by atoms with Crippen molar-refractivity contribution in [3.05, 3.63) is 146 Å². The van der Waals surface area contributed by atoms with Crippen LogP contribution in [0.4, 0.5) is 0 Å². The van der Waals surface area contributed by atoms with E-state index in [-0.39, 0.29) is 0 Å². The Bertz CT molecular complexity index is 2780. The first-order valence-electron chi connectivity index (χ1n) is 15.8. The largest absolute Gasteiger partial charge is 0.306 e. The van der Waals surface area contributed by atoms with Gasteiger partial charge in [-0.15, -0.1) is 11.3 Å². The van der Waals surface area contributed by atoms with Gasteiger partial charge in [-0.1, -0.05) is 91.0 Å². The third-order valence-electron chi connectivity index (χ3n) is 8.96. The van der Waals surface area contributed by atoms with Crippen molar-refractivity contribution >= 4 is 64.2 Å². The van der Waals surface area contributed by atoms with Crippen LogP contribution in [0.1, 0.15) is 0 Å². The number of pyridine rings is 2. The molecule has 0 aliphatic rings. The van der Waals surface area contributed by atoms with Gasteiger partial charge in [0.25, 0.3) is 0 Å². The predicted octanol–water partition coefficient (Wildman–Crippen LogP) is 10.3. The molecule has 0 radical (unpaired) electrons. The van der Waals surface area contributed by atoms with E-state index in [1.54, 1.807) is 0 Å². The Hall–Kier alpha value is -6.31. The maximum atomic E-state index is 5.02. The van der Waals surface area contributed by atoms with Gasteiger partial charge in [-0.3, -0.25) is 9.97 Å². The Kier molecular flexibility index (Phi) is 5.94. The van der Waals surface area contributed by atoms with E-state index in [0.717, 1.165) is 55.1 Å². The summed E-state index contributed by atoms with van der Waals surface area (Å²) >= 11 is 1.82. The second kappa shape index (κ2) is 10.6. The number of benzene rings is 5. The predicted molar refractivity (Wildman–Crippen MR) is 196 cm³/mol. The molecule has 10 aromatic rings. The molecule has 0 fully saturated rings. The minimum Gasteiger partial charge on any atom is -0.306 e. The van der Waals surface area contributed by atoms with Crippen LogP contribution in [0.5, 0.6) is 0 Å². The van der Waals surface area contributed by atoms with Crippen molar-refractivity contribution in [1.29, 1.82) is 0 Å². The van der Waals surface area contributed by atoms with Crippen molar-refractivity contribution in [2.45, 2.75) is 0 Å². The molecule has 0 aliphatic heterocycles. The molecule has 0 atom stereocenters. The van der Waals surface area contributed by atoms with Crippen molar-refractivity contribution in [2.75, 3.05) is 0 Å². The summed E-state index contributed by atoms with van der Waals surface area (Å²) in [6.07, 6.45) is 5.76. The highest BCUT2D eigenvalue weighted by Crippen LogP contribution is 2.47. The molecular weight excluding hydrogens is 609 g/mol. The number of fused-ring (bicyclic) bond motifs is 10. The van der Waals surface area contributed by atoms with Crippen LogP contribution in [0.15, 0.2) is 146 Å². The first-order chi connectivity index (χ1) is 23.8. The molecule has 5 aromatic heterocycles. The lowest BCUT2D eigenvalue weighted by Crippen LogP contribution is -2.01. The molecule has 10 rings (SSSR count). The van der Waals surface area contributed by atoms with Crippen LogP contribution >= 0.6 is 11.3 Å².